The highest BCUT2D eigenvalue weighted by molar-refractivity contribution is 5.94. The molecule has 5 heteroatoms. The first kappa shape index (κ1) is 18.6. The standard InChI is InChI=1S/C20H25NO4/c1-5-14(2)21-20(22)15-10-11-17(23-3)16(12-15)13-25-19-9-7-6-8-18(19)24-4/h6-12,14H,5,13H2,1-4H3,(H,21,22)/t14-/m1/s1. The maximum absolute atomic E-state index is 12.3. The van der Waals surface area contributed by atoms with Gasteiger partial charge in [-0.25, -0.2) is 0 Å². The molecule has 0 saturated carbocycles. The molecule has 2 rings (SSSR count). The van der Waals surface area contributed by atoms with E-state index in [0.29, 0.717) is 22.8 Å². The van der Waals surface area contributed by atoms with Crippen molar-refractivity contribution >= 4 is 5.91 Å². The Morgan fingerprint density at radius 3 is 2.36 bits per heavy atom. The molecule has 0 heterocycles. The number of amides is 1. The van der Waals surface area contributed by atoms with Crippen LogP contribution in [-0.2, 0) is 6.61 Å². The number of carbonyl (C=O) groups excluding carboxylic acids is 1. The molecule has 0 aromatic heterocycles. The minimum Gasteiger partial charge on any atom is -0.496 e. The van der Waals surface area contributed by atoms with Gasteiger partial charge in [0.15, 0.2) is 11.5 Å². The fourth-order valence-electron chi connectivity index (χ4n) is 2.34. The molecule has 0 aliphatic carbocycles. The molecule has 134 valence electrons. The van der Waals surface area contributed by atoms with Gasteiger partial charge >= 0.3 is 0 Å². The van der Waals surface area contributed by atoms with Crippen LogP contribution < -0.4 is 19.5 Å². The summed E-state index contributed by atoms with van der Waals surface area (Å²) >= 11 is 0. The number of rotatable bonds is 8. The fourth-order valence-corrected chi connectivity index (χ4v) is 2.34. The van der Waals surface area contributed by atoms with Gasteiger partial charge in [-0.2, -0.15) is 0 Å². The Bertz CT molecular complexity index is 715. The maximum atomic E-state index is 12.3. The monoisotopic (exact) mass is 343 g/mol. The number of methoxy groups -OCH3 is 2. The summed E-state index contributed by atoms with van der Waals surface area (Å²) in [5.41, 5.74) is 1.38. The predicted molar refractivity (Wildman–Crippen MR) is 97.5 cm³/mol. The molecule has 5 nitrogen and oxygen atoms in total. The van der Waals surface area contributed by atoms with Crippen molar-refractivity contribution in [1.82, 2.24) is 5.32 Å². The molecule has 0 radical (unpaired) electrons. The van der Waals surface area contributed by atoms with E-state index in [2.05, 4.69) is 5.32 Å². The van der Waals surface area contributed by atoms with E-state index in [0.717, 1.165) is 12.0 Å². The van der Waals surface area contributed by atoms with E-state index in [4.69, 9.17) is 14.2 Å². The van der Waals surface area contributed by atoms with Crippen molar-refractivity contribution in [1.29, 1.82) is 0 Å². The van der Waals surface area contributed by atoms with Crippen molar-refractivity contribution in [2.45, 2.75) is 32.9 Å². The van der Waals surface area contributed by atoms with Crippen LogP contribution in [0.5, 0.6) is 17.2 Å². The van der Waals surface area contributed by atoms with E-state index in [1.165, 1.54) is 0 Å². The van der Waals surface area contributed by atoms with Gasteiger partial charge in [0.25, 0.3) is 5.91 Å². The highest BCUT2D eigenvalue weighted by Crippen LogP contribution is 2.28. The molecule has 1 N–H and O–H groups in total. The van der Waals surface area contributed by atoms with Crippen molar-refractivity contribution in [3.63, 3.8) is 0 Å². The van der Waals surface area contributed by atoms with Gasteiger partial charge in [-0.15, -0.1) is 0 Å². The van der Waals surface area contributed by atoms with Crippen LogP contribution in [0.3, 0.4) is 0 Å². The third kappa shape index (κ3) is 4.89. The Morgan fingerprint density at radius 1 is 1.04 bits per heavy atom. The van der Waals surface area contributed by atoms with E-state index >= 15 is 0 Å². The summed E-state index contributed by atoms with van der Waals surface area (Å²) in [5, 5.41) is 2.96. The van der Waals surface area contributed by atoms with Crippen molar-refractivity contribution in [2.75, 3.05) is 14.2 Å². The van der Waals surface area contributed by atoms with Gasteiger partial charge in [-0.1, -0.05) is 19.1 Å². The lowest BCUT2D eigenvalue weighted by Gasteiger charge is -2.15. The Hall–Kier alpha value is -2.69. The average Bonchev–Trinajstić information content (AvgIpc) is 2.65. The second-order valence-electron chi connectivity index (χ2n) is 5.75. The Kier molecular flexibility index (Phi) is 6.69. The van der Waals surface area contributed by atoms with Crippen molar-refractivity contribution in [3.05, 3.63) is 53.6 Å². The summed E-state index contributed by atoms with van der Waals surface area (Å²) in [7, 11) is 3.20. The van der Waals surface area contributed by atoms with Crippen LogP contribution in [0, 0.1) is 0 Å². The van der Waals surface area contributed by atoms with Gasteiger partial charge in [0, 0.05) is 17.2 Å². The smallest absolute Gasteiger partial charge is 0.251 e. The molecule has 0 spiro atoms. The van der Waals surface area contributed by atoms with Crippen LogP contribution in [0.25, 0.3) is 0 Å². The Morgan fingerprint density at radius 2 is 1.72 bits per heavy atom. The minimum absolute atomic E-state index is 0.101. The highest BCUT2D eigenvalue weighted by Gasteiger charge is 2.13. The Balaban J connectivity index is 2.18. The number of hydrogen-bond acceptors (Lipinski definition) is 4. The summed E-state index contributed by atoms with van der Waals surface area (Å²) in [6.07, 6.45) is 0.881. The summed E-state index contributed by atoms with van der Waals surface area (Å²) in [5.74, 6) is 1.87. The molecular weight excluding hydrogens is 318 g/mol. The van der Waals surface area contributed by atoms with E-state index in [1.54, 1.807) is 32.4 Å². The van der Waals surface area contributed by atoms with Gasteiger partial charge in [-0.05, 0) is 43.7 Å². The first-order valence-corrected chi connectivity index (χ1v) is 8.32. The molecule has 0 saturated heterocycles. The van der Waals surface area contributed by atoms with Crippen molar-refractivity contribution in [2.24, 2.45) is 0 Å². The molecular formula is C20H25NO4. The zero-order valence-electron chi connectivity index (χ0n) is 15.2. The fraction of sp³-hybridized carbons (Fsp3) is 0.350. The van der Waals surface area contributed by atoms with Gasteiger partial charge in [-0.3, -0.25) is 4.79 Å². The Labute approximate surface area is 148 Å². The first-order chi connectivity index (χ1) is 12.1. The van der Waals surface area contributed by atoms with Gasteiger partial charge < -0.3 is 19.5 Å². The number of nitrogens with one attached hydrogen (secondary N) is 1. The van der Waals surface area contributed by atoms with Crippen LogP contribution in [0.2, 0.25) is 0 Å². The van der Waals surface area contributed by atoms with Crippen LogP contribution in [0.4, 0.5) is 0 Å². The predicted octanol–water partition coefficient (Wildman–Crippen LogP) is 3.81. The van der Waals surface area contributed by atoms with Crippen LogP contribution in [0.15, 0.2) is 42.5 Å². The highest BCUT2D eigenvalue weighted by atomic mass is 16.5. The first-order valence-electron chi connectivity index (χ1n) is 8.32. The third-order valence-corrected chi connectivity index (χ3v) is 3.98. The molecule has 0 unspecified atom stereocenters. The SMILES string of the molecule is CC[C@@H](C)NC(=O)c1ccc(OC)c(COc2ccccc2OC)c1. The molecule has 25 heavy (non-hydrogen) atoms. The van der Waals surface area contributed by atoms with Crippen molar-refractivity contribution in [3.8, 4) is 17.2 Å². The molecule has 0 aliphatic rings. The molecule has 0 aliphatic heterocycles. The van der Waals surface area contributed by atoms with Gasteiger partial charge in [0.2, 0.25) is 0 Å². The van der Waals surface area contributed by atoms with Gasteiger partial charge in [0.1, 0.15) is 12.4 Å². The third-order valence-electron chi connectivity index (χ3n) is 3.98. The topological polar surface area (TPSA) is 56.8 Å². The quantitative estimate of drug-likeness (QED) is 0.792. The normalized spacial score (nSPS) is 11.5. The van der Waals surface area contributed by atoms with Crippen LogP contribution >= 0.6 is 0 Å². The van der Waals surface area contributed by atoms with E-state index in [-0.39, 0.29) is 18.6 Å². The number of benzene rings is 2. The number of para-hydroxylation sites is 2. The second kappa shape index (κ2) is 8.97. The summed E-state index contributed by atoms with van der Waals surface area (Å²) < 4.78 is 16.5. The average molecular weight is 343 g/mol. The summed E-state index contributed by atoms with van der Waals surface area (Å²) in [6.45, 7) is 4.28. The number of hydrogen-bond donors (Lipinski definition) is 1. The molecule has 2 aromatic carbocycles. The summed E-state index contributed by atoms with van der Waals surface area (Å²) in [6, 6.07) is 12.9. The van der Waals surface area contributed by atoms with E-state index in [1.807, 2.05) is 38.1 Å². The zero-order valence-corrected chi connectivity index (χ0v) is 15.2. The van der Waals surface area contributed by atoms with Crippen LogP contribution in [0.1, 0.15) is 36.2 Å². The van der Waals surface area contributed by atoms with Crippen molar-refractivity contribution < 1.29 is 19.0 Å². The second-order valence-corrected chi connectivity index (χ2v) is 5.75. The van der Waals surface area contributed by atoms with E-state index < -0.39 is 0 Å². The summed E-state index contributed by atoms with van der Waals surface area (Å²) in [4.78, 5) is 12.3. The lowest BCUT2D eigenvalue weighted by Crippen LogP contribution is -2.31. The molecule has 0 fully saturated rings. The van der Waals surface area contributed by atoms with Gasteiger partial charge in [0.05, 0.1) is 14.2 Å². The largest absolute Gasteiger partial charge is 0.496 e. The molecule has 1 atom stereocenters. The number of carbonyl (C=O) groups is 1. The minimum atomic E-state index is -0.101. The zero-order chi connectivity index (χ0) is 18.2. The molecule has 1 amide bonds. The molecule has 0 bridgehead atoms. The maximum Gasteiger partial charge on any atom is 0.251 e. The molecule has 2 aromatic rings. The van der Waals surface area contributed by atoms with E-state index in [9.17, 15) is 4.79 Å². The lowest BCUT2D eigenvalue weighted by molar-refractivity contribution is 0.0939. The van der Waals surface area contributed by atoms with Crippen LogP contribution in [-0.4, -0.2) is 26.2 Å². The lowest BCUT2D eigenvalue weighted by atomic mass is 10.1. The number of ether oxygens (including phenoxy) is 3.